The summed E-state index contributed by atoms with van der Waals surface area (Å²) in [5, 5.41) is 15.2. The zero-order valence-corrected chi connectivity index (χ0v) is 15.6. The molecule has 1 aromatic heterocycles. The molecule has 1 atom stereocenters. The van der Waals surface area contributed by atoms with Crippen LogP contribution in [-0.4, -0.2) is 33.2 Å². The molecule has 7 heteroatoms. The molecule has 0 spiro atoms. The van der Waals surface area contributed by atoms with Gasteiger partial charge in [-0.25, -0.2) is 5.48 Å². The number of rotatable bonds is 5. The molecule has 0 saturated heterocycles. The summed E-state index contributed by atoms with van der Waals surface area (Å²) in [6, 6.07) is 2.50. The van der Waals surface area contributed by atoms with Crippen molar-refractivity contribution in [1.82, 2.24) is 26.0 Å². The van der Waals surface area contributed by atoms with Gasteiger partial charge in [-0.1, -0.05) is 25.0 Å². The summed E-state index contributed by atoms with van der Waals surface area (Å²) in [7, 11) is 1.92. The van der Waals surface area contributed by atoms with Crippen molar-refractivity contribution in [3.63, 3.8) is 0 Å². The number of allylic oxidation sites excluding steroid dienone is 1. The molecule has 2 aliphatic carbocycles. The number of likely N-dealkylation sites (N-methyl/N-ethyl adjacent to an activating group) is 1. The van der Waals surface area contributed by atoms with Gasteiger partial charge < -0.3 is 4.98 Å². The van der Waals surface area contributed by atoms with Gasteiger partial charge in [0.15, 0.2) is 0 Å². The van der Waals surface area contributed by atoms with Crippen LogP contribution < -0.4 is 21.6 Å². The number of aromatic nitrogens is 1. The fraction of sp³-hybridized carbons (Fsp3) is 0.450. The van der Waals surface area contributed by atoms with Crippen molar-refractivity contribution in [1.29, 1.82) is 0 Å². The van der Waals surface area contributed by atoms with Crippen LogP contribution in [0.4, 0.5) is 0 Å². The number of aromatic amines is 1. The SMILES string of the molecule is CN1NN(C(c2cc3c([nH]2)=CCCC=3)C2CCCC2)C=C1C=CC(=O)NO. The zero-order valence-electron chi connectivity index (χ0n) is 15.6. The van der Waals surface area contributed by atoms with Gasteiger partial charge in [-0.3, -0.25) is 20.0 Å². The maximum atomic E-state index is 11.3. The summed E-state index contributed by atoms with van der Waals surface area (Å²) in [5.74, 6) is 0.0320. The number of fused-ring (bicyclic) bond motifs is 1. The number of hydroxylamine groups is 1. The molecule has 1 saturated carbocycles. The maximum Gasteiger partial charge on any atom is 0.267 e. The molecule has 0 aromatic carbocycles. The van der Waals surface area contributed by atoms with E-state index in [1.54, 1.807) is 11.6 Å². The van der Waals surface area contributed by atoms with Crippen molar-refractivity contribution < 1.29 is 10.0 Å². The summed E-state index contributed by atoms with van der Waals surface area (Å²) in [6.45, 7) is 0. The number of amides is 1. The molecule has 4 rings (SSSR count). The van der Waals surface area contributed by atoms with E-state index in [9.17, 15) is 4.79 Å². The minimum atomic E-state index is -0.543. The number of hydrazine groups is 2. The molecular formula is C20H27N5O2. The zero-order chi connectivity index (χ0) is 18.8. The van der Waals surface area contributed by atoms with Crippen LogP contribution in [-0.2, 0) is 4.79 Å². The molecule has 144 valence electrons. The first-order chi connectivity index (χ1) is 13.2. The van der Waals surface area contributed by atoms with Gasteiger partial charge in [0.05, 0.1) is 11.7 Å². The molecule has 1 aromatic rings. The molecule has 0 bridgehead atoms. The van der Waals surface area contributed by atoms with Gasteiger partial charge >= 0.3 is 0 Å². The predicted octanol–water partition coefficient (Wildman–Crippen LogP) is 1.17. The Morgan fingerprint density at radius 1 is 1.33 bits per heavy atom. The van der Waals surface area contributed by atoms with E-state index >= 15 is 0 Å². The minimum Gasteiger partial charge on any atom is -0.357 e. The lowest BCUT2D eigenvalue weighted by molar-refractivity contribution is -0.124. The van der Waals surface area contributed by atoms with E-state index in [0.717, 1.165) is 18.5 Å². The fourth-order valence-corrected chi connectivity index (χ4v) is 4.36. The Kier molecular flexibility index (Phi) is 5.05. The second kappa shape index (κ2) is 7.62. The number of nitrogens with zero attached hydrogens (tertiary/aromatic N) is 2. The number of carbonyl (C=O) groups excluding carboxylic acids is 1. The van der Waals surface area contributed by atoms with Crippen molar-refractivity contribution in [3.05, 3.63) is 46.4 Å². The van der Waals surface area contributed by atoms with Crippen molar-refractivity contribution >= 4 is 18.1 Å². The Balaban J connectivity index is 1.66. The van der Waals surface area contributed by atoms with E-state index < -0.39 is 5.91 Å². The van der Waals surface area contributed by atoms with Crippen LogP contribution in [0.2, 0.25) is 0 Å². The summed E-state index contributed by atoms with van der Waals surface area (Å²) in [4.78, 5) is 14.9. The van der Waals surface area contributed by atoms with E-state index in [0.29, 0.717) is 5.92 Å². The largest absolute Gasteiger partial charge is 0.357 e. The highest BCUT2D eigenvalue weighted by atomic mass is 16.5. The summed E-state index contributed by atoms with van der Waals surface area (Å²) in [6.07, 6.45) is 16.8. The normalized spacial score (nSPS) is 21.0. The highest BCUT2D eigenvalue weighted by Crippen LogP contribution is 2.39. The number of carbonyl (C=O) groups is 1. The van der Waals surface area contributed by atoms with Gasteiger partial charge in [-0.15, -0.1) is 5.53 Å². The lowest BCUT2D eigenvalue weighted by Crippen LogP contribution is -2.42. The molecule has 2 heterocycles. The Morgan fingerprint density at radius 3 is 2.85 bits per heavy atom. The third-order valence-corrected chi connectivity index (χ3v) is 5.68. The Morgan fingerprint density at radius 2 is 2.11 bits per heavy atom. The van der Waals surface area contributed by atoms with Gasteiger partial charge in [0.1, 0.15) is 0 Å². The minimum absolute atomic E-state index is 0.208. The van der Waals surface area contributed by atoms with Crippen molar-refractivity contribution in [2.24, 2.45) is 5.92 Å². The highest BCUT2D eigenvalue weighted by Gasteiger charge is 2.34. The van der Waals surface area contributed by atoms with Gasteiger partial charge in [-0.05, 0) is 49.0 Å². The van der Waals surface area contributed by atoms with E-state index in [4.69, 9.17) is 5.21 Å². The van der Waals surface area contributed by atoms with Crippen LogP contribution >= 0.6 is 0 Å². The van der Waals surface area contributed by atoms with Crippen LogP contribution in [0, 0.1) is 5.92 Å². The second-order valence-corrected chi connectivity index (χ2v) is 7.50. The molecule has 3 aliphatic rings. The first-order valence-electron chi connectivity index (χ1n) is 9.67. The van der Waals surface area contributed by atoms with Crippen molar-refractivity contribution in [3.8, 4) is 0 Å². The van der Waals surface area contributed by atoms with Crippen LogP contribution in [0.3, 0.4) is 0 Å². The lowest BCUT2D eigenvalue weighted by Gasteiger charge is -2.32. The summed E-state index contributed by atoms with van der Waals surface area (Å²) in [5.41, 5.74) is 7.10. The van der Waals surface area contributed by atoms with Crippen LogP contribution in [0.5, 0.6) is 0 Å². The fourth-order valence-electron chi connectivity index (χ4n) is 4.36. The topological polar surface area (TPSA) is 83.6 Å². The Hall–Kier alpha value is -2.51. The standard InChI is InChI=1S/C20H27N5O2/c1-24-16(10-11-19(26)22-27)13-25(23-24)20(14-6-2-3-7-14)18-12-15-8-4-5-9-17(15)21-18/h8-14,20-21,23,27H,2-7H2,1H3,(H,22,26). The quantitative estimate of drug-likeness (QED) is 0.356. The number of H-pyrrole nitrogens is 1. The molecule has 1 unspecified atom stereocenters. The van der Waals surface area contributed by atoms with Gasteiger partial charge in [0.25, 0.3) is 5.91 Å². The molecule has 1 fully saturated rings. The van der Waals surface area contributed by atoms with Crippen LogP contribution in [0.15, 0.2) is 30.1 Å². The van der Waals surface area contributed by atoms with Gasteiger partial charge in [0.2, 0.25) is 0 Å². The molecule has 27 heavy (non-hydrogen) atoms. The number of hydrogen-bond acceptors (Lipinski definition) is 5. The third-order valence-electron chi connectivity index (χ3n) is 5.68. The molecule has 1 amide bonds. The first kappa shape index (κ1) is 17.9. The second-order valence-electron chi connectivity index (χ2n) is 7.50. The van der Waals surface area contributed by atoms with Gasteiger partial charge in [0, 0.05) is 30.4 Å². The average molecular weight is 369 g/mol. The highest BCUT2D eigenvalue weighted by molar-refractivity contribution is 5.86. The summed E-state index contributed by atoms with van der Waals surface area (Å²) >= 11 is 0. The summed E-state index contributed by atoms with van der Waals surface area (Å²) < 4.78 is 0. The van der Waals surface area contributed by atoms with E-state index in [1.165, 1.54) is 48.0 Å². The molecular weight excluding hydrogens is 342 g/mol. The molecule has 4 N–H and O–H groups in total. The average Bonchev–Trinajstić information content (AvgIpc) is 3.40. The Bertz CT molecular complexity index is 845. The number of nitrogens with one attached hydrogen (secondary N) is 3. The smallest absolute Gasteiger partial charge is 0.267 e. The van der Waals surface area contributed by atoms with Crippen LogP contribution in [0.1, 0.15) is 50.3 Å². The molecule has 7 nitrogen and oxygen atoms in total. The molecule has 1 aliphatic heterocycles. The van der Waals surface area contributed by atoms with Gasteiger partial charge in [-0.2, -0.15) is 0 Å². The van der Waals surface area contributed by atoms with E-state index in [-0.39, 0.29) is 6.04 Å². The van der Waals surface area contributed by atoms with E-state index in [1.807, 2.05) is 18.3 Å². The third kappa shape index (κ3) is 3.65. The van der Waals surface area contributed by atoms with Crippen molar-refractivity contribution in [2.75, 3.05) is 7.05 Å². The predicted molar refractivity (Wildman–Crippen MR) is 103 cm³/mol. The van der Waals surface area contributed by atoms with Crippen molar-refractivity contribution in [2.45, 2.75) is 44.6 Å². The lowest BCUT2D eigenvalue weighted by atomic mass is 9.95. The van der Waals surface area contributed by atoms with E-state index in [2.05, 4.69) is 33.7 Å². The Labute approximate surface area is 158 Å². The number of hydrogen-bond donors (Lipinski definition) is 4. The monoisotopic (exact) mass is 369 g/mol. The maximum absolute atomic E-state index is 11.3. The first-order valence-corrected chi connectivity index (χ1v) is 9.67. The van der Waals surface area contributed by atoms with Crippen LogP contribution in [0.25, 0.3) is 12.2 Å². The molecule has 0 radical (unpaired) electrons.